The molecule has 2 aromatic heterocycles. The van der Waals surface area contributed by atoms with Gasteiger partial charge in [-0.3, -0.25) is 19.4 Å². The lowest BCUT2D eigenvalue weighted by molar-refractivity contribution is -0.144. The summed E-state index contributed by atoms with van der Waals surface area (Å²) in [7, 11) is 0. The number of rotatable bonds is 2. The Balaban J connectivity index is 1.83. The van der Waals surface area contributed by atoms with E-state index in [1.165, 1.54) is 10.7 Å². The van der Waals surface area contributed by atoms with Gasteiger partial charge in [-0.15, -0.1) is 0 Å². The van der Waals surface area contributed by atoms with E-state index >= 15 is 0 Å². The molecule has 1 fully saturated rings. The number of aromatic amines is 1. The minimum atomic E-state index is -0.727. The van der Waals surface area contributed by atoms with Crippen molar-refractivity contribution in [2.75, 3.05) is 18.4 Å². The van der Waals surface area contributed by atoms with Crippen molar-refractivity contribution in [1.82, 2.24) is 24.6 Å². The fourth-order valence-corrected chi connectivity index (χ4v) is 3.10. The molecule has 0 saturated carbocycles. The maximum atomic E-state index is 12.4. The Morgan fingerprint density at radius 3 is 2.73 bits per heavy atom. The average Bonchev–Trinajstić information content (AvgIpc) is 2.93. The highest BCUT2D eigenvalue weighted by molar-refractivity contribution is 6.39. The summed E-state index contributed by atoms with van der Waals surface area (Å²) >= 11 is 0. The molecule has 2 N–H and O–H groups in total. The van der Waals surface area contributed by atoms with Crippen molar-refractivity contribution in [3.63, 3.8) is 0 Å². The summed E-state index contributed by atoms with van der Waals surface area (Å²) in [5, 5.41) is 6.83. The number of aromatic nitrogens is 4. The number of aryl methyl sites for hydroxylation is 2. The maximum absolute atomic E-state index is 12.4. The van der Waals surface area contributed by atoms with Gasteiger partial charge in [0.15, 0.2) is 0 Å². The Morgan fingerprint density at radius 2 is 2.04 bits per heavy atom. The largest absolute Gasteiger partial charge is 0.334 e. The van der Waals surface area contributed by atoms with Crippen LogP contribution in [0.2, 0.25) is 0 Å². The van der Waals surface area contributed by atoms with Crippen molar-refractivity contribution < 1.29 is 9.59 Å². The first-order valence-electron chi connectivity index (χ1n) is 8.59. The highest BCUT2D eigenvalue weighted by Gasteiger charge is 2.27. The van der Waals surface area contributed by atoms with Crippen LogP contribution in [-0.4, -0.2) is 49.6 Å². The van der Waals surface area contributed by atoms with E-state index in [0.29, 0.717) is 30.4 Å². The number of nitrogens with zero attached hydrogens (tertiary/aromatic N) is 4. The molecule has 9 heteroatoms. The summed E-state index contributed by atoms with van der Waals surface area (Å²) in [4.78, 5) is 44.9. The van der Waals surface area contributed by atoms with Crippen LogP contribution in [0, 0.1) is 19.8 Å². The number of nitrogens with one attached hydrogen (secondary N) is 2. The second-order valence-corrected chi connectivity index (χ2v) is 6.75. The number of anilines is 1. The normalized spacial score (nSPS) is 17.2. The third kappa shape index (κ3) is 3.81. The van der Waals surface area contributed by atoms with Crippen LogP contribution in [0.15, 0.2) is 16.9 Å². The van der Waals surface area contributed by atoms with Crippen molar-refractivity contribution in [1.29, 1.82) is 0 Å². The van der Waals surface area contributed by atoms with Gasteiger partial charge in [0.05, 0.1) is 5.69 Å². The van der Waals surface area contributed by atoms with Crippen molar-refractivity contribution in [2.24, 2.45) is 5.92 Å². The molecule has 138 valence electrons. The minimum absolute atomic E-state index is 0.178. The van der Waals surface area contributed by atoms with E-state index in [1.807, 2.05) is 0 Å². The summed E-state index contributed by atoms with van der Waals surface area (Å²) in [5.74, 6) is -0.449. The van der Waals surface area contributed by atoms with Gasteiger partial charge in [-0.25, -0.2) is 4.98 Å². The Bertz CT molecular complexity index is 900. The van der Waals surface area contributed by atoms with E-state index in [2.05, 4.69) is 27.3 Å². The standard InChI is InChI=1S/C17H22N6O3/c1-10-5-4-6-22(9-10)16(26)15(25)19-13-7-12(3)21-23(13)17-18-11(2)8-14(24)20-17/h7-8,10H,4-6,9H2,1-3H3,(H,19,25)(H,18,20,24)/t10-/m1/s1. The lowest BCUT2D eigenvalue weighted by Gasteiger charge is -2.30. The zero-order valence-electron chi connectivity index (χ0n) is 15.1. The van der Waals surface area contributed by atoms with Gasteiger partial charge in [-0.05, 0) is 32.6 Å². The van der Waals surface area contributed by atoms with Crippen molar-refractivity contribution >= 4 is 17.6 Å². The number of hydrogen-bond acceptors (Lipinski definition) is 5. The first kappa shape index (κ1) is 17.8. The third-order valence-corrected chi connectivity index (χ3v) is 4.27. The average molecular weight is 358 g/mol. The molecule has 1 saturated heterocycles. The van der Waals surface area contributed by atoms with Crippen LogP contribution < -0.4 is 10.9 Å². The summed E-state index contributed by atoms with van der Waals surface area (Å²) in [6.07, 6.45) is 1.95. The van der Waals surface area contributed by atoms with E-state index in [1.54, 1.807) is 24.8 Å². The predicted molar refractivity (Wildman–Crippen MR) is 95.1 cm³/mol. The zero-order chi connectivity index (χ0) is 18.8. The molecule has 0 spiro atoms. The topological polar surface area (TPSA) is 113 Å². The monoisotopic (exact) mass is 358 g/mol. The molecule has 0 bridgehead atoms. The zero-order valence-corrected chi connectivity index (χ0v) is 15.1. The minimum Gasteiger partial charge on any atom is -0.334 e. The quantitative estimate of drug-likeness (QED) is 0.770. The molecule has 3 heterocycles. The number of H-pyrrole nitrogens is 1. The van der Waals surface area contributed by atoms with E-state index in [9.17, 15) is 14.4 Å². The summed E-state index contributed by atoms with van der Waals surface area (Å²) in [6.45, 7) is 6.66. The summed E-state index contributed by atoms with van der Waals surface area (Å²) in [5.41, 5.74) is 0.812. The van der Waals surface area contributed by atoms with Crippen molar-refractivity contribution in [3.8, 4) is 5.95 Å². The van der Waals surface area contributed by atoms with Gasteiger partial charge < -0.3 is 10.2 Å². The maximum Gasteiger partial charge on any atom is 0.315 e. The van der Waals surface area contributed by atoms with Gasteiger partial charge in [-0.1, -0.05) is 6.92 Å². The van der Waals surface area contributed by atoms with Crippen molar-refractivity contribution in [2.45, 2.75) is 33.6 Å². The second-order valence-electron chi connectivity index (χ2n) is 6.75. The van der Waals surface area contributed by atoms with E-state index in [4.69, 9.17) is 0 Å². The van der Waals surface area contributed by atoms with Crippen molar-refractivity contribution in [3.05, 3.63) is 33.9 Å². The van der Waals surface area contributed by atoms with E-state index in [-0.39, 0.29) is 17.3 Å². The fourth-order valence-electron chi connectivity index (χ4n) is 3.10. The Kier molecular flexibility index (Phi) is 4.88. The van der Waals surface area contributed by atoms with Gasteiger partial charge in [0, 0.05) is 30.9 Å². The van der Waals surface area contributed by atoms with Crippen LogP contribution >= 0.6 is 0 Å². The SMILES string of the molecule is Cc1cc(=O)[nH]c(-n2nc(C)cc2NC(=O)C(=O)N2CCC[C@@H](C)C2)n1. The third-order valence-electron chi connectivity index (χ3n) is 4.27. The lowest BCUT2D eigenvalue weighted by Crippen LogP contribution is -2.44. The molecular formula is C17H22N6O3. The number of hydrogen-bond donors (Lipinski definition) is 2. The Morgan fingerprint density at radius 1 is 1.27 bits per heavy atom. The smallest absolute Gasteiger partial charge is 0.315 e. The molecule has 1 aliphatic rings. The molecular weight excluding hydrogens is 336 g/mol. The Labute approximate surface area is 150 Å². The molecule has 0 aliphatic carbocycles. The number of carbonyl (C=O) groups excluding carboxylic acids is 2. The van der Waals surface area contributed by atoms with Crippen LogP contribution in [0.4, 0.5) is 5.82 Å². The molecule has 1 aliphatic heterocycles. The number of piperidine rings is 1. The molecule has 9 nitrogen and oxygen atoms in total. The fraction of sp³-hybridized carbons (Fsp3) is 0.471. The van der Waals surface area contributed by atoms with Crippen LogP contribution in [0.5, 0.6) is 0 Å². The molecule has 3 rings (SSSR count). The Hall–Kier alpha value is -2.97. The number of carbonyl (C=O) groups is 2. The van der Waals surface area contributed by atoms with E-state index < -0.39 is 11.8 Å². The second kappa shape index (κ2) is 7.11. The molecule has 2 amide bonds. The number of likely N-dealkylation sites (tertiary alicyclic amines) is 1. The van der Waals surface area contributed by atoms with Crippen LogP contribution in [0.3, 0.4) is 0 Å². The first-order chi connectivity index (χ1) is 12.3. The van der Waals surface area contributed by atoms with Gasteiger partial charge in [0.2, 0.25) is 5.95 Å². The first-order valence-corrected chi connectivity index (χ1v) is 8.59. The summed E-state index contributed by atoms with van der Waals surface area (Å²) in [6, 6.07) is 2.98. The van der Waals surface area contributed by atoms with Crippen LogP contribution in [0.25, 0.3) is 5.95 Å². The van der Waals surface area contributed by atoms with Gasteiger partial charge in [-0.2, -0.15) is 9.78 Å². The van der Waals surface area contributed by atoms with Gasteiger partial charge >= 0.3 is 11.8 Å². The highest BCUT2D eigenvalue weighted by Crippen LogP contribution is 2.17. The van der Waals surface area contributed by atoms with E-state index in [0.717, 1.165) is 12.8 Å². The van der Waals surface area contributed by atoms with Gasteiger partial charge in [0.25, 0.3) is 5.56 Å². The molecule has 0 unspecified atom stereocenters. The van der Waals surface area contributed by atoms with Crippen LogP contribution in [0.1, 0.15) is 31.2 Å². The molecule has 0 radical (unpaired) electrons. The number of amides is 2. The molecule has 2 aromatic rings. The van der Waals surface area contributed by atoms with Crippen LogP contribution in [-0.2, 0) is 9.59 Å². The highest BCUT2D eigenvalue weighted by atomic mass is 16.2. The summed E-state index contributed by atoms with van der Waals surface area (Å²) < 4.78 is 1.31. The molecule has 0 aromatic carbocycles. The molecule has 1 atom stereocenters. The predicted octanol–water partition coefficient (Wildman–Crippen LogP) is 0.769. The lowest BCUT2D eigenvalue weighted by atomic mass is 10.0. The van der Waals surface area contributed by atoms with Gasteiger partial charge in [0.1, 0.15) is 5.82 Å². The molecule has 26 heavy (non-hydrogen) atoms.